The van der Waals surface area contributed by atoms with Gasteiger partial charge in [-0.2, -0.15) is 13.2 Å². The number of nitrogen functional groups attached to an aromatic ring is 1. The zero-order valence-electron chi connectivity index (χ0n) is 13.6. The van der Waals surface area contributed by atoms with Crippen LogP contribution in [0.4, 0.5) is 29.5 Å². The van der Waals surface area contributed by atoms with Crippen molar-refractivity contribution in [2.75, 3.05) is 5.73 Å². The van der Waals surface area contributed by atoms with E-state index in [1.54, 1.807) is 0 Å². The van der Waals surface area contributed by atoms with Crippen LogP contribution < -0.4 is 5.73 Å². The first kappa shape index (κ1) is 17.6. The highest BCUT2D eigenvalue weighted by Crippen LogP contribution is 2.39. The Hall–Kier alpha value is -2.78. The van der Waals surface area contributed by atoms with Crippen molar-refractivity contribution >= 4 is 48.6 Å². The molecule has 9 heteroatoms. The van der Waals surface area contributed by atoms with Crippen LogP contribution in [0.25, 0.3) is 20.1 Å². The van der Waals surface area contributed by atoms with Gasteiger partial charge in [-0.1, -0.05) is 11.3 Å². The van der Waals surface area contributed by atoms with Gasteiger partial charge in [0.2, 0.25) is 0 Å². The number of hydrogen-bond donors (Lipinski definition) is 1. The standard InChI is InChI=1S/C18H11F3N4S2/c19-18(20,21)11-3-7-13(8-4-11)24-25-15-9-14-17(27-15)23-16(26-14)10-1-5-12(22)6-2-10/h1-9H,22H2. The third-order valence-electron chi connectivity index (χ3n) is 3.69. The molecular formula is C18H11F3N4S2. The van der Waals surface area contributed by atoms with Crippen molar-refractivity contribution in [2.24, 2.45) is 10.2 Å². The molecule has 0 unspecified atom stereocenters. The molecule has 4 rings (SSSR count). The summed E-state index contributed by atoms with van der Waals surface area (Å²) >= 11 is 2.91. The SMILES string of the molecule is Nc1ccc(-c2nc3sc(N=Nc4ccc(C(F)(F)F)cc4)cc3s2)cc1. The molecule has 2 aromatic heterocycles. The summed E-state index contributed by atoms with van der Waals surface area (Å²) in [7, 11) is 0. The van der Waals surface area contributed by atoms with Crippen LogP contribution in [0.5, 0.6) is 0 Å². The van der Waals surface area contributed by atoms with Gasteiger partial charge >= 0.3 is 6.18 Å². The van der Waals surface area contributed by atoms with Crippen molar-refractivity contribution in [3.63, 3.8) is 0 Å². The van der Waals surface area contributed by atoms with E-state index >= 15 is 0 Å². The minimum Gasteiger partial charge on any atom is -0.399 e. The smallest absolute Gasteiger partial charge is 0.399 e. The zero-order valence-corrected chi connectivity index (χ0v) is 15.2. The van der Waals surface area contributed by atoms with Gasteiger partial charge in [0.1, 0.15) is 14.8 Å². The van der Waals surface area contributed by atoms with Crippen molar-refractivity contribution in [3.8, 4) is 10.6 Å². The number of aromatic nitrogens is 1. The van der Waals surface area contributed by atoms with Gasteiger partial charge in [0.25, 0.3) is 0 Å². The van der Waals surface area contributed by atoms with Gasteiger partial charge in [-0.05, 0) is 54.6 Å². The van der Waals surface area contributed by atoms with Gasteiger partial charge < -0.3 is 5.73 Å². The van der Waals surface area contributed by atoms with Crippen molar-refractivity contribution in [1.82, 2.24) is 4.98 Å². The summed E-state index contributed by atoms with van der Waals surface area (Å²) in [5.41, 5.74) is 7.03. The molecule has 0 saturated heterocycles. The van der Waals surface area contributed by atoms with Gasteiger partial charge in [0.15, 0.2) is 0 Å². The molecule has 0 fully saturated rings. The van der Waals surface area contributed by atoms with Crippen LogP contribution in [-0.4, -0.2) is 4.98 Å². The third kappa shape index (κ3) is 3.83. The van der Waals surface area contributed by atoms with E-state index in [1.165, 1.54) is 34.8 Å². The highest BCUT2D eigenvalue weighted by Gasteiger charge is 2.29. The molecule has 2 heterocycles. The molecule has 0 bridgehead atoms. The first-order valence-electron chi connectivity index (χ1n) is 7.74. The first-order valence-corrected chi connectivity index (χ1v) is 9.37. The highest BCUT2D eigenvalue weighted by atomic mass is 32.1. The quantitative estimate of drug-likeness (QED) is 0.294. The maximum Gasteiger partial charge on any atom is 0.416 e. The van der Waals surface area contributed by atoms with Gasteiger partial charge in [-0.25, -0.2) is 4.98 Å². The van der Waals surface area contributed by atoms with E-state index in [1.807, 2.05) is 30.3 Å². The van der Waals surface area contributed by atoms with Gasteiger partial charge in [0.05, 0.1) is 16.0 Å². The summed E-state index contributed by atoms with van der Waals surface area (Å²) in [6, 6.07) is 13.9. The molecule has 0 radical (unpaired) electrons. The Balaban J connectivity index is 1.53. The summed E-state index contributed by atoms with van der Waals surface area (Å²) in [6.45, 7) is 0. The second-order valence-corrected chi connectivity index (χ2v) is 7.68. The molecule has 27 heavy (non-hydrogen) atoms. The van der Waals surface area contributed by atoms with E-state index < -0.39 is 11.7 Å². The third-order valence-corrected chi connectivity index (χ3v) is 5.79. The van der Waals surface area contributed by atoms with Crippen LogP contribution in [0.1, 0.15) is 5.56 Å². The fraction of sp³-hybridized carbons (Fsp3) is 0.0556. The highest BCUT2D eigenvalue weighted by molar-refractivity contribution is 7.30. The minimum atomic E-state index is -4.36. The molecular weight excluding hydrogens is 393 g/mol. The van der Waals surface area contributed by atoms with E-state index in [4.69, 9.17) is 5.73 Å². The molecule has 0 aliphatic carbocycles. The number of nitrogens with two attached hydrogens (primary N) is 1. The van der Waals surface area contributed by atoms with Crippen LogP contribution >= 0.6 is 22.7 Å². The van der Waals surface area contributed by atoms with E-state index in [2.05, 4.69) is 15.2 Å². The maximum absolute atomic E-state index is 12.6. The lowest BCUT2D eigenvalue weighted by Crippen LogP contribution is -2.03. The van der Waals surface area contributed by atoms with Crippen LogP contribution in [0.3, 0.4) is 0 Å². The Bertz CT molecular complexity index is 1080. The largest absolute Gasteiger partial charge is 0.416 e. The summed E-state index contributed by atoms with van der Waals surface area (Å²) in [5, 5.41) is 9.64. The minimum absolute atomic E-state index is 0.357. The van der Waals surface area contributed by atoms with E-state index in [-0.39, 0.29) is 0 Å². The average molecular weight is 404 g/mol. The Morgan fingerprint density at radius 1 is 0.889 bits per heavy atom. The average Bonchev–Trinajstić information content (AvgIpc) is 3.19. The van der Waals surface area contributed by atoms with Gasteiger partial charge in [-0.15, -0.1) is 21.6 Å². The second-order valence-electron chi connectivity index (χ2n) is 5.64. The second kappa shape index (κ2) is 6.75. The molecule has 0 spiro atoms. The summed E-state index contributed by atoms with van der Waals surface area (Å²) in [5.74, 6) is 0. The molecule has 136 valence electrons. The van der Waals surface area contributed by atoms with Crippen LogP contribution in [0, 0.1) is 0 Å². The fourth-order valence-electron chi connectivity index (χ4n) is 2.35. The molecule has 0 aliphatic heterocycles. The fourth-order valence-corrected chi connectivity index (χ4v) is 4.38. The number of anilines is 1. The molecule has 0 atom stereocenters. The van der Waals surface area contributed by atoms with Crippen molar-refractivity contribution in [3.05, 3.63) is 60.2 Å². The summed E-state index contributed by atoms with van der Waals surface area (Å²) in [6.07, 6.45) is -4.36. The van der Waals surface area contributed by atoms with Crippen molar-refractivity contribution < 1.29 is 13.2 Å². The van der Waals surface area contributed by atoms with E-state index in [0.717, 1.165) is 32.2 Å². The molecule has 0 amide bonds. The Morgan fingerprint density at radius 2 is 1.59 bits per heavy atom. The molecule has 0 saturated carbocycles. The number of fused-ring (bicyclic) bond motifs is 1. The first-order chi connectivity index (χ1) is 12.9. The topological polar surface area (TPSA) is 63.6 Å². The molecule has 0 aliphatic rings. The number of thiophene rings is 1. The lowest BCUT2D eigenvalue weighted by Gasteiger charge is -2.05. The number of alkyl halides is 3. The molecule has 4 aromatic rings. The molecule has 2 N–H and O–H groups in total. The number of benzene rings is 2. The van der Waals surface area contributed by atoms with Crippen molar-refractivity contribution in [2.45, 2.75) is 6.18 Å². The number of halogens is 3. The predicted molar refractivity (Wildman–Crippen MR) is 103 cm³/mol. The maximum atomic E-state index is 12.6. The summed E-state index contributed by atoms with van der Waals surface area (Å²) in [4.78, 5) is 5.44. The van der Waals surface area contributed by atoms with Gasteiger partial charge in [0, 0.05) is 11.3 Å². The lowest BCUT2D eigenvalue weighted by molar-refractivity contribution is -0.137. The summed E-state index contributed by atoms with van der Waals surface area (Å²) < 4.78 is 38.7. The Kier molecular flexibility index (Phi) is 4.40. The zero-order chi connectivity index (χ0) is 19.0. The van der Waals surface area contributed by atoms with Crippen molar-refractivity contribution in [1.29, 1.82) is 0 Å². The van der Waals surface area contributed by atoms with Crippen LogP contribution in [0.15, 0.2) is 64.8 Å². The Morgan fingerprint density at radius 3 is 2.22 bits per heavy atom. The number of rotatable bonds is 3. The number of azo groups is 1. The van der Waals surface area contributed by atoms with Crippen LogP contribution in [-0.2, 0) is 6.18 Å². The molecule has 2 aromatic carbocycles. The number of thiazole rings is 1. The van der Waals surface area contributed by atoms with E-state index in [9.17, 15) is 13.2 Å². The van der Waals surface area contributed by atoms with E-state index in [0.29, 0.717) is 16.4 Å². The van der Waals surface area contributed by atoms with Gasteiger partial charge in [-0.3, -0.25) is 0 Å². The number of hydrogen-bond acceptors (Lipinski definition) is 6. The van der Waals surface area contributed by atoms with Crippen LogP contribution in [0.2, 0.25) is 0 Å². The normalized spacial score (nSPS) is 12.3. The lowest BCUT2D eigenvalue weighted by atomic mass is 10.2. The monoisotopic (exact) mass is 404 g/mol. The number of nitrogens with zero attached hydrogens (tertiary/aromatic N) is 3. The Labute approximate surface area is 159 Å². The molecule has 4 nitrogen and oxygen atoms in total. The predicted octanol–water partition coefficient (Wildman–Crippen LogP) is 7.04.